The van der Waals surface area contributed by atoms with E-state index in [1.807, 2.05) is 0 Å². The van der Waals surface area contributed by atoms with Gasteiger partial charge in [-0.05, 0) is 13.0 Å². The van der Waals surface area contributed by atoms with Crippen LogP contribution in [0.3, 0.4) is 0 Å². The number of fused-ring (bicyclic) bond motifs is 1. The van der Waals surface area contributed by atoms with Crippen molar-refractivity contribution in [2.75, 3.05) is 25.6 Å². The van der Waals surface area contributed by atoms with Crippen molar-refractivity contribution in [2.45, 2.75) is 49.1 Å². The van der Waals surface area contributed by atoms with Crippen molar-refractivity contribution in [2.24, 2.45) is 0 Å². The van der Waals surface area contributed by atoms with Gasteiger partial charge in [0.1, 0.15) is 36.2 Å². The van der Waals surface area contributed by atoms with E-state index in [4.69, 9.17) is 9.47 Å². The third-order valence-electron chi connectivity index (χ3n) is 5.49. The minimum Gasteiger partial charge on any atom is -0.394 e. The molecule has 13 nitrogen and oxygen atoms in total. The maximum absolute atomic E-state index is 12.7. The second-order valence-corrected chi connectivity index (χ2v) is 7.26. The first-order valence-electron chi connectivity index (χ1n) is 9.63. The molecule has 0 radical (unpaired) electrons. The molecule has 164 valence electrons. The Hall–Kier alpha value is -2.42. The summed E-state index contributed by atoms with van der Waals surface area (Å²) in [5.41, 5.74) is 0.913. The van der Waals surface area contributed by atoms with Gasteiger partial charge in [-0.2, -0.15) is 0 Å². The largest absolute Gasteiger partial charge is 0.394 e. The van der Waals surface area contributed by atoms with Crippen LogP contribution in [0.25, 0.3) is 11.2 Å². The highest BCUT2D eigenvalue weighted by molar-refractivity contribution is 5.83. The van der Waals surface area contributed by atoms with Gasteiger partial charge < -0.3 is 45.7 Å². The highest BCUT2D eigenvalue weighted by Crippen LogP contribution is 2.25. The van der Waals surface area contributed by atoms with Crippen LogP contribution in [0.1, 0.15) is 6.42 Å². The third-order valence-corrected chi connectivity index (χ3v) is 5.49. The molecule has 30 heavy (non-hydrogen) atoms. The minimum absolute atomic E-state index is 0.298. The fourth-order valence-corrected chi connectivity index (χ4v) is 3.88. The van der Waals surface area contributed by atoms with E-state index < -0.39 is 49.1 Å². The highest BCUT2D eigenvalue weighted by Gasteiger charge is 2.46. The van der Waals surface area contributed by atoms with Crippen molar-refractivity contribution >= 4 is 22.9 Å². The Morgan fingerprint density at radius 3 is 2.93 bits per heavy atom. The molecule has 0 spiro atoms. The van der Waals surface area contributed by atoms with Crippen LogP contribution in [0.4, 0.5) is 5.82 Å². The molecule has 0 aromatic carbocycles. The number of ether oxygens (including phenoxy) is 2. The molecule has 2 aliphatic heterocycles. The number of carbonyl (C=O) groups is 1. The topological polar surface area (TPSA) is 187 Å². The number of hydrogen-bond acceptors (Lipinski definition) is 11. The predicted octanol–water partition coefficient (Wildman–Crippen LogP) is -2.93. The van der Waals surface area contributed by atoms with E-state index in [1.54, 1.807) is 0 Å². The Balaban J connectivity index is 1.47. The maximum Gasteiger partial charge on any atom is 0.240 e. The van der Waals surface area contributed by atoms with E-state index in [0.717, 1.165) is 0 Å². The summed E-state index contributed by atoms with van der Waals surface area (Å²) in [5.74, 6) is -0.0926. The number of imidazole rings is 1. The second kappa shape index (κ2) is 8.75. The number of hydrogen-bond donors (Lipinski definition) is 7. The van der Waals surface area contributed by atoms with Gasteiger partial charge in [0.15, 0.2) is 17.7 Å². The highest BCUT2D eigenvalue weighted by atomic mass is 16.5. The van der Waals surface area contributed by atoms with Gasteiger partial charge >= 0.3 is 0 Å². The van der Waals surface area contributed by atoms with Crippen molar-refractivity contribution in [1.82, 2.24) is 30.6 Å². The Labute approximate surface area is 171 Å². The third kappa shape index (κ3) is 3.82. The summed E-state index contributed by atoms with van der Waals surface area (Å²) in [6, 6.07) is -1.61. The van der Waals surface area contributed by atoms with Crippen LogP contribution in [0.15, 0.2) is 12.7 Å². The molecule has 7 atom stereocenters. The Morgan fingerprint density at radius 1 is 1.33 bits per heavy atom. The monoisotopic (exact) mass is 423 g/mol. The van der Waals surface area contributed by atoms with Gasteiger partial charge in [-0.1, -0.05) is 0 Å². The molecule has 7 N–H and O–H groups in total. The summed E-state index contributed by atoms with van der Waals surface area (Å²) in [6.45, 7) is 0.140. The summed E-state index contributed by atoms with van der Waals surface area (Å²) in [5, 5.41) is 39.7. The van der Waals surface area contributed by atoms with E-state index in [2.05, 4.69) is 35.9 Å². The molecule has 4 heterocycles. The Bertz CT molecular complexity index is 879. The molecule has 2 fully saturated rings. The van der Waals surface area contributed by atoms with Gasteiger partial charge in [0.25, 0.3) is 0 Å². The molecule has 0 bridgehead atoms. The zero-order valence-corrected chi connectivity index (χ0v) is 16.2. The predicted molar refractivity (Wildman–Crippen MR) is 102 cm³/mol. The van der Waals surface area contributed by atoms with Gasteiger partial charge in [-0.3, -0.25) is 4.79 Å². The minimum atomic E-state index is -1.42. The van der Waals surface area contributed by atoms with Crippen LogP contribution in [0.2, 0.25) is 0 Å². The van der Waals surface area contributed by atoms with Crippen LogP contribution in [0, 0.1) is 0 Å². The molecular formula is C17H25N7O6. The molecule has 0 saturated carbocycles. The van der Waals surface area contributed by atoms with Crippen LogP contribution in [-0.4, -0.2) is 104 Å². The molecule has 0 unspecified atom stereocenters. The number of aliphatic hydroxyl groups excluding tert-OH is 3. The van der Waals surface area contributed by atoms with Crippen molar-refractivity contribution < 1.29 is 29.6 Å². The number of H-pyrrole nitrogens is 1. The van der Waals surface area contributed by atoms with E-state index in [9.17, 15) is 20.1 Å². The van der Waals surface area contributed by atoms with Gasteiger partial charge in [-0.25, -0.2) is 15.0 Å². The number of aliphatic hydroxyl groups is 3. The fourth-order valence-electron chi connectivity index (χ4n) is 3.88. The number of aromatic amines is 1. The van der Waals surface area contributed by atoms with Crippen molar-refractivity contribution in [3.05, 3.63) is 12.7 Å². The van der Waals surface area contributed by atoms with E-state index in [0.29, 0.717) is 29.9 Å². The SMILES string of the molecule is CO[C@H]1CCN[C@H]1C(=O)N[C@@H]1[C@@H](O)[C@H](O)[C@@H](Nc2ncnc3nc[nH]c23)O[C@H]1CO. The molecular weight excluding hydrogens is 398 g/mol. The number of nitrogens with one attached hydrogen (secondary N) is 4. The molecule has 2 aliphatic rings. The number of methoxy groups -OCH3 is 1. The molecule has 1 amide bonds. The van der Waals surface area contributed by atoms with E-state index in [1.165, 1.54) is 19.8 Å². The molecule has 2 saturated heterocycles. The van der Waals surface area contributed by atoms with Gasteiger partial charge in [0, 0.05) is 7.11 Å². The second-order valence-electron chi connectivity index (χ2n) is 7.26. The van der Waals surface area contributed by atoms with Crippen LogP contribution in [0.5, 0.6) is 0 Å². The Kier molecular flexibility index (Phi) is 6.08. The van der Waals surface area contributed by atoms with Gasteiger partial charge in [0.2, 0.25) is 5.91 Å². The lowest BCUT2D eigenvalue weighted by Crippen LogP contribution is -2.67. The first-order valence-corrected chi connectivity index (χ1v) is 9.63. The summed E-state index contributed by atoms with van der Waals surface area (Å²) in [7, 11) is 1.52. The average Bonchev–Trinajstić information content (AvgIpc) is 3.42. The van der Waals surface area contributed by atoms with Crippen LogP contribution in [-0.2, 0) is 14.3 Å². The molecule has 0 aliphatic carbocycles. The molecule has 4 rings (SSSR count). The van der Waals surface area contributed by atoms with Crippen LogP contribution >= 0.6 is 0 Å². The number of amides is 1. The number of anilines is 1. The van der Waals surface area contributed by atoms with E-state index >= 15 is 0 Å². The van der Waals surface area contributed by atoms with Crippen molar-refractivity contribution in [3.63, 3.8) is 0 Å². The summed E-state index contributed by atoms with van der Waals surface area (Å²) in [6.07, 6.45) is -1.76. The fraction of sp³-hybridized carbons (Fsp3) is 0.647. The van der Waals surface area contributed by atoms with Crippen molar-refractivity contribution in [1.29, 1.82) is 0 Å². The zero-order chi connectivity index (χ0) is 21.3. The normalized spacial score (nSPS) is 34.2. The Morgan fingerprint density at radius 2 is 2.17 bits per heavy atom. The number of carbonyl (C=O) groups excluding carboxylic acids is 1. The lowest BCUT2D eigenvalue weighted by molar-refractivity contribution is -0.185. The number of rotatable bonds is 6. The lowest BCUT2D eigenvalue weighted by atomic mass is 9.95. The first-order chi connectivity index (χ1) is 14.5. The maximum atomic E-state index is 12.7. The van der Waals surface area contributed by atoms with Crippen LogP contribution < -0.4 is 16.0 Å². The smallest absolute Gasteiger partial charge is 0.240 e. The molecule has 13 heteroatoms. The van der Waals surface area contributed by atoms with Gasteiger partial charge in [0.05, 0.1) is 25.1 Å². The number of aromatic nitrogens is 4. The summed E-state index contributed by atoms with van der Waals surface area (Å²) < 4.78 is 11.0. The standard InChI is InChI=1S/C17H25N7O6/c1-29-7-2-3-18-10(7)16(28)23-9-8(4-25)30-17(13(27)12(9)26)24-15-11-14(20-5-19-11)21-6-22-15/h5-10,12-13,17-18,25-27H,2-4H2,1H3,(H,23,28)(H2,19,20,21,22,24)/t7-,8-,9-,10+,12+,13-,17-/m0/s1. The zero-order valence-electron chi connectivity index (χ0n) is 16.2. The summed E-state index contributed by atoms with van der Waals surface area (Å²) in [4.78, 5) is 27.7. The summed E-state index contributed by atoms with van der Waals surface area (Å²) >= 11 is 0. The van der Waals surface area contributed by atoms with Crippen molar-refractivity contribution in [3.8, 4) is 0 Å². The lowest BCUT2D eigenvalue weighted by Gasteiger charge is -2.43. The average molecular weight is 423 g/mol. The first kappa shape index (κ1) is 20.8. The molecule has 2 aromatic rings. The quantitative estimate of drug-likeness (QED) is 0.252. The molecule has 2 aromatic heterocycles. The van der Waals surface area contributed by atoms with Gasteiger partial charge in [-0.15, -0.1) is 0 Å². The van der Waals surface area contributed by atoms with E-state index in [-0.39, 0.29) is 6.10 Å². The number of nitrogens with zero attached hydrogens (tertiary/aromatic N) is 3.